The summed E-state index contributed by atoms with van der Waals surface area (Å²) in [7, 11) is 2.08. The molecule has 18 heavy (non-hydrogen) atoms. The standard InChI is InChI=1S/C10H11NO7/c1-17-7(12)6-3-4-10(8(13)14,9(15)18-2)11(16)5-6/h3-5,11H,1-2H3,(H,13,14). The van der Waals surface area contributed by atoms with Crippen LogP contribution in [0.2, 0.25) is 0 Å². The quantitative estimate of drug-likeness (QED) is 0.341. The summed E-state index contributed by atoms with van der Waals surface area (Å²) in [4.78, 5) is 33.8. The van der Waals surface area contributed by atoms with Crippen molar-refractivity contribution in [3.8, 4) is 0 Å². The molecule has 1 aliphatic heterocycles. The predicted molar refractivity (Wildman–Crippen MR) is 56.0 cm³/mol. The molecule has 8 heteroatoms. The van der Waals surface area contributed by atoms with Crippen LogP contribution in [0.15, 0.2) is 23.9 Å². The molecule has 1 heterocycles. The number of methoxy groups -OCH3 is 2. The lowest BCUT2D eigenvalue weighted by Gasteiger charge is -2.34. The van der Waals surface area contributed by atoms with E-state index < -0.39 is 28.5 Å². The van der Waals surface area contributed by atoms with Gasteiger partial charge in [0.25, 0.3) is 0 Å². The number of aliphatic carboxylic acids is 1. The fraction of sp³-hybridized carbons (Fsp3) is 0.300. The van der Waals surface area contributed by atoms with Gasteiger partial charge in [0.1, 0.15) is 11.8 Å². The monoisotopic (exact) mass is 257 g/mol. The van der Waals surface area contributed by atoms with Crippen LogP contribution in [0, 0.1) is 5.21 Å². The van der Waals surface area contributed by atoms with Gasteiger partial charge in [-0.1, -0.05) is 0 Å². The average molecular weight is 257 g/mol. The topological polar surface area (TPSA) is 117 Å². The van der Waals surface area contributed by atoms with Crippen LogP contribution in [0.5, 0.6) is 0 Å². The molecule has 1 aliphatic rings. The highest BCUT2D eigenvalue weighted by molar-refractivity contribution is 6.05. The van der Waals surface area contributed by atoms with Gasteiger partial charge in [-0.15, -0.1) is 0 Å². The van der Waals surface area contributed by atoms with Crippen molar-refractivity contribution in [1.29, 1.82) is 0 Å². The summed E-state index contributed by atoms with van der Waals surface area (Å²) in [6.07, 6.45) is 2.60. The molecular formula is C10H11NO7. The number of ether oxygens (including phenoxy) is 2. The number of hydrogen-bond acceptors (Lipinski definition) is 6. The molecule has 0 saturated heterocycles. The Balaban J connectivity index is 3.20. The van der Waals surface area contributed by atoms with Crippen LogP contribution in [0.25, 0.3) is 0 Å². The van der Waals surface area contributed by atoms with Crippen LogP contribution in [-0.2, 0) is 23.9 Å². The molecular weight excluding hydrogens is 246 g/mol. The number of esters is 2. The average Bonchev–Trinajstić information content (AvgIpc) is 2.36. The molecule has 0 saturated carbocycles. The first-order valence-corrected chi connectivity index (χ1v) is 4.75. The lowest BCUT2D eigenvalue weighted by molar-refractivity contribution is -0.824. The Labute approximate surface area is 102 Å². The van der Waals surface area contributed by atoms with Crippen molar-refractivity contribution < 1.29 is 34.0 Å². The first-order chi connectivity index (χ1) is 8.40. The third kappa shape index (κ3) is 1.98. The predicted octanol–water partition coefficient (Wildman–Crippen LogP) is -2.01. The van der Waals surface area contributed by atoms with Gasteiger partial charge in [0, 0.05) is 6.08 Å². The zero-order chi connectivity index (χ0) is 13.9. The summed E-state index contributed by atoms with van der Waals surface area (Å²) in [5.74, 6) is -3.70. The number of nitrogens with one attached hydrogen (secondary N) is 1. The van der Waals surface area contributed by atoms with Gasteiger partial charge in [-0.05, 0) is 6.08 Å². The third-order valence-corrected chi connectivity index (χ3v) is 2.45. The Kier molecular flexibility index (Phi) is 3.84. The van der Waals surface area contributed by atoms with E-state index in [1.807, 2.05) is 0 Å². The molecule has 2 N–H and O–H groups in total. The number of quaternary nitrogens is 1. The fourth-order valence-corrected chi connectivity index (χ4v) is 1.44. The Bertz CT molecular complexity index is 453. The summed E-state index contributed by atoms with van der Waals surface area (Å²) in [5.41, 5.74) is -2.57. The van der Waals surface area contributed by atoms with Crippen LogP contribution in [0.3, 0.4) is 0 Å². The van der Waals surface area contributed by atoms with E-state index in [1.165, 1.54) is 0 Å². The van der Waals surface area contributed by atoms with Gasteiger partial charge in [-0.3, -0.25) is 0 Å². The number of hydrogen-bond donors (Lipinski definition) is 2. The molecule has 2 atom stereocenters. The maximum Gasteiger partial charge on any atom is 0.385 e. The molecule has 0 amide bonds. The van der Waals surface area contributed by atoms with E-state index in [0.29, 0.717) is 0 Å². The van der Waals surface area contributed by atoms with E-state index in [-0.39, 0.29) is 5.57 Å². The fourth-order valence-electron chi connectivity index (χ4n) is 1.44. The molecule has 8 nitrogen and oxygen atoms in total. The minimum Gasteiger partial charge on any atom is -0.628 e. The first kappa shape index (κ1) is 13.9. The summed E-state index contributed by atoms with van der Waals surface area (Å²) in [5, 5.41) is 19.7. The Morgan fingerprint density at radius 3 is 2.33 bits per heavy atom. The molecule has 0 aromatic rings. The van der Waals surface area contributed by atoms with E-state index in [1.54, 1.807) is 0 Å². The molecule has 0 bridgehead atoms. The van der Waals surface area contributed by atoms with E-state index in [4.69, 9.17) is 5.11 Å². The van der Waals surface area contributed by atoms with Crippen LogP contribution >= 0.6 is 0 Å². The molecule has 1 rings (SSSR count). The second-order valence-corrected chi connectivity index (χ2v) is 3.39. The maximum atomic E-state index is 11.8. The maximum absolute atomic E-state index is 11.8. The van der Waals surface area contributed by atoms with Gasteiger partial charge in [-0.2, -0.15) is 0 Å². The third-order valence-electron chi connectivity index (χ3n) is 2.45. The minimum absolute atomic E-state index is 0.136. The van der Waals surface area contributed by atoms with Crippen molar-refractivity contribution in [3.63, 3.8) is 0 Å². The molecule has 0 fully saturated rings. The zero-order valence-corrected chi connectivity index (χ0v) is 9.63. The highest BCUT2D eigenvalue weighted by Gasteiger charge is 2.53. The van der Waals surface area contributed by atoms with Crippen molar-refractivity contribution in [2.24, 2.45) is 0 Å². The van der Waals surface area contributed by atoms with E-state index in [0.717, 1.165) is 32.6 Å². The molecule has 0 radical (unpaired) electrons. The van der Waals surface area contributed by atoms with Gasteiger partial charge >= 0.3 is 23.4 Å². The van der Waals surface area contributed by atoms with E-state index in [2.05, 4.69) is 9.47 Å². The van der Waals surface area contributed by atoms with Crippen molar-refractivity contribution >= 4 is 17.9 Å². The van der Waals surface area contributed by atoms with Crippen molar-refractivity contribution in [3.05, 3.63) is 29.1 Å². The van der Waals surface area contributed by atoms with Gasteiger partial charge in [0.15, 0.2) is 0 Å². The second-order valence-electron chi connectivity index (χ2n) is 3.39. The molecule has 0 aliphatic carbocycles. The van der Waals surface area contributed by atoms with Crippen LogP contribution < -0.4 is 5.06 Å². The second kappa shape index (κ2) is 4.98. The Hall–Kier alpha value is -2.19. The molecule has 98 valence electrons. The number of rotatable bonds is 3. The summed E-state index contributed by atoms with van der Waals surface area (Å²) in [6.45, 7) is 0. The van der Waals surface area contributed by atoms with Gasteiger partial charge in [0.05, 0.1) is 14.2 Å². The minimum atomic E-state index is -2.44. The molecule has 0 aromatic carbocycles. The molecule has 2 unspecified atom stereocenters. The Morgan fingerprint density at radius 2 is 1.94 bits per heavy atom. The number of carboxylic acid groups (broad SMARTS) is 1. The molecule has 0 spiro atoms. The van der Waals surface area contributed by atoms with Crippen LogP contribution in [0.4, 0.5) is 0 Å². The number of carboxylic acids is 1. The Morgan fingerprint density at radius 1 is 1.33 bits per heavy atom. The number of carbonyl (C=O) groups excluding carboxylic acids is 2. The van der Waals surface area contributed by atoms with Gasteiger partial charge in [0.2, 0.25) is 0 Å². The smallest absolute Gasteiger partial charge is 0.385 e. The normalized spacial score (nSPS) is 26.2. The number of hydroxylamine groups is 2. The van der Waals surface area contributed by atoms with Gasteiger partial charge < -0.3 is 24.9 Å². The lowest BCUT2D eigenvalue weighted by Crippen LogP contribution is -3.15. The SMILES string of the molecule is COC(=O)C1=C[NH+]([O-])C(C(=O)O)(C(=O)OC)C=C1. The van der Waals surface area contributed by atoms with E-state index in [9.17, 15) is 19.6 Å². The van der Waals surface area contributed by atoms with Gasteiger partial charge in [-0.25, -0.2) is 14.4 Å². The summed E-state index contributed by atoms with van der Waals surface area (Å²) in [6, 6.07) is 0. The highest BCUT2D eigenvalue weighted by Crippen LogP contribution is 2.13. The zero-order valence-electron chi connectivity index (χ0n) is 9.63. The van der Waals surface area contributed by atoms with Crippen LogP contribution in [-0.4, -0.2) is 42.8 Å². The highest BCUT2D eigenvalue weighted by atomic mass is 16.6. The van der Waals surface area contributed by atoms with Crippen molar-refractivity contribution in [2.45, 2.75) is 5.54 Å². The first-order valence-electron chi connectivity index (χ1n) is 4.75. The van der Waals surface area contributed by atoms with Crippen LogP contribution in [0.1, 0.15) is 0 Å². The summed E-state index contributed by atoms with van der Waals surface area (Å²) < 4.78 is 8.69. The lowest BCUT2D eigenvalue weighted by atomic mass is 9.95. The summed E-state index contributed by atoms with van der Waals surface area (Å²) >= 11 is 0. The number of carbonyl (C=O) groups is 3. The largest absolute Gasteiger partial charge is 0.628 e. The molecule has 0 aromatic heterocycles. The van der Waals surface area contributed by atoms with E-state index >= 15 is 0 Å². The van der Waals surface area contributed by atoms with Crippen molar-refractivity contribution in [2.75, 3.05) is 14.2 Å². The van der Waals surface area contributed by atoms with Crippen molar-refractivity contribution in [1.82, 2.24) is 0 Å².